The molecule has 0 saturated heterocycles. The molecule has 0 spiro atoms. The smallest absolute Gasteiger partial charge is 0.220 e. The van der Waals surface area contributed by atoms with Crippen LogP contribution in [0.4, 0.5) is 0 Å². The highest BCUT2D eigenvalue weighted by Gasteiger charge is 2.05. The monoisotopic (exact) mass is 224 g/mol. The number of allylic oxidation sites excluding steroid dienone is 1. The largest absolute Gasteiger partial charge is 0.356 e. The van der Waals surface area contributed by atoms with Gasteiger partial charge in [-0.25, -0.2) is 0 Å². The molecule has 0 heterocycles. The van der Waals surface area contributed by atoms with Crippen LogP contribution in [0, 0.1) is 0 Å². The molecule has 16 heavy (non-hydrogen) atoms. The molecule has 1 aliphatic rings. The van der Waals surface area contributed by atoms with Gasteiger partial charge in [-0.15, -0.1) is 0 Å². The molecule has 0 saturated carbocycles. The number of amides is 1. The fraction of sp³-hybridized carbons (Fsp3) is 0.769. The lowest BCUT2D eigenvalue weighted by Gasteiger charge is -2.13. The van der Waals surface area contributed by atoms with Crippen molar-refractivity contribution in [3.63, 3.8) is 0 Å². The normalized spacial score (nSPS) is 17.8. The van der Waals surface area contributed by atoms with E-state index >= 15 is 0 Å². The number of nitrogens with two attached hydrogens (primary N) is 1. The third-order valence-electron chi connectivity index (χ3n) is 2.98. The van der Waals surface area contributed by atoms with Crippen molar-refractivity contribution in [3.8, 4) is 0 Å². The Balaban J connectivity index is 2.05. The summed E-state index contributed by atoms with van der Waals surface area (Å²) in [5.74, 6) is 0.133. The van der Waals surface area contributed by atoms with E-state index in [1.165, 1.54) is 31.3 Å². The molecular weight excluding hydrogens is 200 g/mol. The van der Waals surface area contributed by atoms with Gasteiger partial charge in [-0.3, -0.25) is 4.79 Å². The molecule has 1 rings (SSSR count). The van der Waals surface area contributed by atoms with E-state index in [1.54, 1.807) is 0 Å². The van der Waals surface area contributed by atoms with Crippen LogP contribution in [-0.4, -0.2) is 18.5 Å². The van der Waals surface area contributed by atoms with Crippen molar-refractivity contribution in [1.82, 2.24) is 5.32 Å². The lowest BCUT2D eigenvalue weighted by molar-refractivity contribution is -0.121. The Labute approximate surface area is 98.5 Å². The van der Waals surface area contributed by atoms with Gasteiger partial charge in [0.15, 0.2) is 0 Å². The molecule has 0 aliphatic heterocycles. The Bertz CT molecular complexity index is 246. The second-order valence-corrected chi connectivity index (χ2v) is 4.72. The summed E-state index contributed by atoms with van der Waals surface area (Å²) in [5.41, 5.74) is 7.11. The van der Waals surface area contributed by atoms with Crippen molar-refractivity contribution >= 4 is 5.91 Å². The first-order valence-corrected chi connectivity index (χ1v) is 6.38. The van der Waals surface area contributed by atoms with Gasteiger partial charge in [0.2, 0.25) is 5.91 Å². The molecule has 0 radical (unpaired) electrons. The van der Waals surface area contributed by atoms with Crippen molar-refractivity contribution < 1.29 is 4.79 Å². The second kappa shape index (κ2) is 7.44. The van der Waals surface area contributed by atoms with E-state index in [0.717, 1.165) is 19.4 Å². The molecule has 0 bridgehead atoms. The average molecular weight is 224 g/mol. The molecule has 0 fully saturated rings. The maximum Gasteiger partial charge on any atom is 0.220 e. The van der Waals surface area contributed by atoms with Crippen LogP contribution in [0.25, 0.3) is 0 Å². The number of rotatable bonds is 6. The first-order chi connectivity index (χ1) is 7.68. The summed E-state index contributed by atoms with van der Waals surface area (Å²) in [6.45, 7) is 2.71. The van der Waals surface area contributed by atoms with Crippen LogP contribution in [0.5, 0.6) is 0 Å². The molecule has 1 atom stereocenters. The van der Waals surface area contributed by atoms with Gasteiger partial charge in [0.05, 0.1) is 0 Å². The molecule has 3 N–H and O–H groups in total. The Morgan fingerprint density at radius 1 is 1.56 bits per heavy atom. The third kappa shape index (κ3) is 5.91. The quantitative estimate of drug-likeness (QED) is 0.679. The summed E-state index contributed by atoms with van der Waals surface area (Å²) in [6.07, 6.45) is 9.74. The molecule has 0 aromatic heterocycles. The predicted molar refractivity (Wildman–Crippen MR) is 67.1 cm³/mol. The van der Waals surface area contributed by atoms with E-state index < -0.39 is 0 Å². The topological polar surface area (TPSA) is 55.1 Å². The van der Waals surface area contributed by atoms with Crippen molar-refractivity contribution in [2.45, 2.75) is 57.9 Å². The number of carbonyl (C=O) groups is 1. The average Bonchev–Trinajstić information content (AvgIpc) is 2.28. The van der Waals surface area contributed by atoms with Gasteiger partial charge in [-0.05, 0) is 45.4 Å². The van der Waals surface area contributed by atoms with Crippen LogP contribution < -0.4 is 11.1 Å². The van der Waals surface area contributed by atoms with Gasteiger partial charge >= 0.3 is 0 Å². The Kier molecular flexibility index (Phi) is 6.16. The molecule has 92 valence electrons. The maximum absolute atomic E-state index is 11.4. The van der Waals surface area contributed by atoms with Crippen LogP contribution in [0.1, 0.15) is 51.9 Å². The van der Waals surface area contributed by atoms with Gasteiger partial charge < -0.3 is 11.1 Å². The lowest BCUT2D eigenvalue weighted by Crippen LogP contribution is -2.27. The standard InChI is InChI=1S/C13H24N2O/c1-11(14)7-8-13(16)15-10-9-12-5-3-2-4-6-12/h5,11H,2-4,6-10,14H2,1H3,(H,15,16). The highest BCUT2D eigenvalue weighted by atomic mass is 16.1. The number of carbonyl (C=O) groups excluding carboxylic acids is 1. The minimum atomic E-state index is 0.117. The van der Waals surface area contributed by atoms with Crippen molar-refractivity contribution in [2.24, 2.45) is 5.73 Å². The number of hydrogen-bond acceptors (Lipinski definition) is 2. The van der Waals surface area contributed by atoms with Crippen molar-refractivity contribution in [2.75, 3.05) is 6.54 Å². The van der Waals surface area contributed by atoms with Gasteiger partial charge in [0.1, 0.15) is 0 Å². The van der Waals surface area contributed by atoms with Crippen molar-refractivity contribution in [1.29, 1.82) is 0 Å². The van der Waals surface area contributed by atoms with Gasteiger partial charge in [0, 0.05) is 19.0 Å². The van der Waals surface area contributed by atoms with E-state index in [2.05, 4.69) is 11.4 Å². The zero-order valence-corrected chi connectivity index (χ0v) is 10.3. The highest BCUT2D eigenvalue weighted by Crippen LogP contribution is 2.19. The molecule has 3 nitrogen and oxygen atoms in total. The summed E-state index contributed by atoms with van der Waals surface area (Å²) >= 11 is 0. The molecule has 1 amide bonds. The summed E-state index contributed by atoms with van der Waals surface area (Å²) < 4.78 is 0. The summed E-state index contributed by atoms with van der Waals surface area (Å²) in [5, 5.41) is 2.95. The van der Waals surface area contributed by atoms with Crippen molar-refractivity contribution in [3.05, 3.63) is 11.6 Å². The van der Waals surface area contributed by atoms with E-state index in [9.17, 15) is 4.79 Å². The number of nitrogens with one attached hydrogen (secondary N) is 1. The molecule has 1 unspecified atom stereocenters. The molecule has 0 aromatic carbocycles. The van der Waals surface area contributed by atoms with Crippen LogP contribution in [-0.2, 0) is 4.79 Å². The minimum absolute atomic E-state index is 0.117. The lowest BCUT2D eigenvalue weighted by atomic mass is 9.97. The van der Waals surface area contributed by atoms with E-state index in [4.69, 9.17) is 5.73 Å². The second-order valence-electron chi connectivity index (χ2n) is 4.72. The van der Waals surface area contributed by atoms with Crippen LogP contribution in [0.3, 0.4) is 0 Å². The Morgan fingerprint density at radius 3 is 3.00 bits per heavy atom. The summed E-state index contributed by atoms with van der Waals surface area (Å²) in [7, 11) is 0. The first-order valence-electron chi connectivity index (χ1n) is 6.38. The number of hydrogen-bond donors (Lipinski definition) is 2. The van der Waals surface area contributed by atoms with Gasteiger partial charge in [0.25, 0.3) is 0 Å². The minimum Gasteiger partial charge on any atom is -0.356 e. The Morgan fingerprint density at radius 2 is 2.38 bits per heavy atom. The van der Waals surface area contributed by atoms with Gasteiger partial charge in [-0.2, -0.15) is 0 Å². The zero-order chi connectivity index (χ0) is 11.8. The first kappa shape index (κ1) is 13.2. The zero-order valence-electron chi connectivity index (χ0n) is 10.3. The summed E-state index contributed by atoms with van der Waals surface area (Å²) in [6, 6.07) is 0.117. The summed E-state index contributed by atoms with van der Waals surface area (Å²) in [4.78, 5) is 11.4. The fourth-order valence-corrected chi connectivity index (χ4v) is 1.94. The van der Waals surface area contributed by atoms with E-state index in [-0.39, 0.29) is 11.9 Å². The maximum atomic E-state index is 11.4. The highest BCUT2D eigenvalue weighted by molar-refractivity contribution is 5.75. The molecule has 3 heteroatoms. The van der Waals surface area contributed by atoms with Crippen LogP contribution >= 0.6 is 0 Å². The van der Waals surface area contributed by atoms with Crippen LogP contribution in [0.2, 0.25) is 0 Å². The fourth-order valence-electron chi connectivity index (χ4n) is 1.94. The molecule has 0 aromatic rings. The Hall–Kier alpha value is -0.830. The van der Waals surface area contributed by atoms with Gasteiger partial charge in [-0.1, -0.05) is 11.6 Å². The van der Waals surface area contributed by atoms with Crippen LogP contribution in [0.15, 0.2) is 11.6 Å². The third-order valence-corrected chi connectivity index (χ3v) is 2.98. The SMILES string of the molecule is CC(N)CCC(=O)NCCC1=CCCCC1. The molecular formula is C13H24N2O. The van der Waals surface area contributed by atoms with E-state index in [0.29, 0.717) is 6.42 Å². The predicted octanol–water partition coefficient (Wildman–Crippen LogP) is 2.12. The van der Waals surface area contributed by atoms with E-state index in [1.807, 2.05) is 6.92 Å². The molecule has 1 aliphatic carbocycles.